The lowest BCUT2D eigenvalue weighted by atomic mass is 9.82. The summed E-state index contributed by atoms with van der Waals surface area (Å²) in [5.41, 5.74) is 4.95. The van der Waals surface area contributed by atoms with Gasteiger partial charge in [-0.15, -0.1) is 11.8 Å². The van der Waals surface area contributed by atoms with Crippen LogP contribution in [0.4, 0.5) is 13.2 Å². The summed E-state index contributed by atoms with van der Waals surface area (Å²) in [4.78, 5) is 27.8. The molecule has 1 aliphatic carbocycles. The van der Waals surface area contributed by atoms with Crippen LogP contribution in [-0.4, -0.2) is 62.8 Å². The lowest BCUT2D eigenvalue weighted by Crippen LogP contribution is -2.51. The van der Waals surface area contributed by atoms with Crippen LogP contribution in [0.1, 0.15) is 35.2 Å². The summed E-state index contributed by atoms with van der Waals surface area (Å²) in [7, 11) is -2.11. The molecule has 0 saturated heterocycles. The highest BCUT2D eigenvalue weighted by Gasteiger charge is 2.37. The zero-order valence-electron chi connectivity index (χ0n) is 20.5. The number of halogens is 3. The maximum atomic E-state index is 13.1. The van der Waals surface area contributed by atoms with E-state index < -0.39 is 51.9 Å². The molecule has 0 unspecified atom stereocenters. The summed E-state index contributed by atoms with van der Waals surface area (Å²) in [6.45, 7) is -0.441. The first kappa shape index (κ1) is 29.0. The summed E-state index contributed by atoms with van der Waals surface area (Å²) < 4.78 is 65.1. The van der Waals surface area contributed by atoms with Crippen molar-refractivity contribution in [3.8, 4) is 0 Å². The molecule has 7 nitrogen and oxygen atoms in total. The average molecular weight is 558 g/mol. The molecule has 1 fully saturated rings. The maximum absolute atomic E-state index is 13.1. The lowest BCUT2D eigenvalue weighted by molar-refractivity contribution is -0.137. The summed E-state index contributed by atoms with van der Waals surface area (Å²) in [5, 5.41) is 2.36. The van der Waals surface area contributed by atoms with E-state index in [0.29, 0.717) is 19.3 Å². The van der Waals surface area contributed by atoms with Gasteiger partial charge in [-0.2, -0.15) is 13.2 Å². The van der Waals surface area contributed by atoms with Crippen LogP contribution >= 0.6 is 11.8 Å². The first-order chi connectivity index (χ1) is 17.3. The third kappa shape index (κ3) is 7.48. The van der Waals surface area contributed by atoms with Crippen LogP contribution in [0.2, 0.25) is 0 Å². The van der Waals surface area contributed by atoms with Crippen molar-refractivity contribution in [2.45, 2.75) is 47.3 Å². The molecule has 0 heterocycles. The molecule has 1 aliphatic rings. The Morgan fingerprint density at radius 1 is 1.14 bits per heavy atom. The zero-order chi connectivity index (χ0) is 27.4. The third-order valence-electron chi connectivity index (χ3n) is 6.58. The molecule has 0 aromatic heterocycles. The van der Waals surface area contributed by atoms with Crippen molar-refractivity contribution in [2.24, 2.45) is 11.7 Å². The molecule has 2 amide bonds. The van der Waals surface area contributed by atoms with Gasteiger partial charge in [0.1, 0.15) is 0 Å². The van der Waals surface area contributed by atoms with Gasteiger partial charge in [0.15, 0.2) is 9.84 Å². The largest absolute Gasteiger partial charge is 0.416 e. The van der Waals surface area contributed by atoms with Crippen LogP contribution in [-0.2, 0) is 20.8 Å². The van der Waals surface area contributed by atoms with Gasteiger partial charge in [-0.3, -0.25) is 9.59 Å². The molecule has 2 aromatic carbocycles. The van der Waals surface area contributed by atoms with Crippen LogP contribution in [0.25, 0.3) is 0 Å². The predicted octanol–water partition coefficient (Wildman–Crippen LogP) is 3.59. The number of nitrogens with zero attached hydrogens (tertiary/aromatic N) is 1. The SMILES string of the molecule is CSc1ccc(S(=O)(=O)C[C@@H]2C[C@H](N)CC[C@@H]2N(C)C(=O)CNC(=O)c2cccc(C(F)(F)F)c2)cc1. The van der Waals surface area contributed by atoms with Crippen LogP contribution in [0.3, 0.4) is 0 Å². The van der Waals surface area contributed by atoms with E-state index in [0.717, 1.165) is 23.1 Å². The Morgan fingerprint density at radius 2 is 1.81 bits per heavy atom. The number of thioether (sulfide) groups is 1. The van der Waals surface area contributed by atoms with E-state index in [2.05, 4.69) is 5.32 Å². The molecule has 0 aliphatic heterocycles. The molecule has 0 spiro atoms. The molecular formula is C25H30F3N3O4S2. The van der Waals surface area contributed by atoms with Crippen molar-refractivity contribution in [1.82, 2.24) is 10.2 Å². The second-order valence-corrected chi connectivity index (χ2v) is 12.0. The number of rotatable bonds is 8. The highest BCUT2D eigenvalue weighted by Crippen LogP contribution is 2.31. The van der Waals surface area contributed by atoms with E-state index in [1.165, 1.54) is 29.8 Å². The minimum absolute atomic E-state index is 0.182. The smallest absolute Gasteiger partial charge is 0.343 e. The Bertz CT molecular complexity index is 1220. The Labute approximate surface area is 218 Å². The van der Waals surface area contributed by atoms with E-state index >= 15 is 0 Å². The number of likely N-dealkylation sites (N-methyl/N-ethyl adjacent to an activating group) is 1. The molecular weight excluding hydrogens is 527 g/mol. The Hall–Kier alpha value is -2.57. The number of hydrogen-bond acceptors (Lipinski definition) is 6. The van der Waals surface area contributed by atoms with Crippen LogP contribution < -0.4 is 11.1 Å². The molecule has 37 heavy (non-hydrogen) atoms. The van der Waals surface area contributed by atoms with Gasteiger partial charge in [-0.1, -0.05) is 6.07 Å². The van der Waals surface area contributed by atoms with E-state index in [9.17, 15) is 31.2 Å². The standard InChI is InChI=1S/C25H30F3N3O4S2/c1-31(23(32)14-30-24(33)16-4-3-5-18(12-16)25(26,27)28)22-11-6-19(29)13-17(22)15-37(34,35)21-9-7-20(36-2)8-10-21/h3-5,7-10,12,17,19,22H,6,11,13-15,29H2,1-2H3,(H,30,33)/t17-,19+,22-/m0/s1. The summed E-state index contributed by atoms with van der Waals surface area (Å²) >= 11 is 1.50. The first-order valence-electron chi connectivity index (χ1n) is 11.7. The lowest BCUT2D eigenvalue weighted by Gasteiger charge is -2.40. The van der Waals surface area contributed by atoms with Gasteiger partial charge in [-0.25, -0.2) is 8.42 Å². The molecule has 12 heteroatoms. The molecule has 3 atom stereocenters. The van der Waals surface area contributed by atoms with Gasteiger partial charge in [0, 0.05) is 29.6 Å². The third-order valence-corrected chi connectivity index (χ3v) is 9.18. The number of nitrogens with two attached hydrogens (primary N) is 1. The number of carbonyl (C=O) groups is 2. The van der Waals surface area contributed by atoms with E-state index in [4.69, 9.17) is 5.73 Å². The van der Waals surface area contributed by atoms with Crippen molar-refractivity contribution in [1.29, 1.82) is 0 Å². The van der Waals surface area contributed by atoms with Crippen LogP contribution in [0.5, 0.6) is 0 Å². The highest BCUT2D eigenvalue weighted by molar-refractivity contribution is 7.98. The second-order valence-electron chi connectivity index (χ2n) is 9.12. The number of amides is 2. The minimum Gasteiger partial charge on any atom is -0.343 e. The fourth-order valence-corrected chi connectivity index (χ4v) is 6.61. The quantitative estimate of drug-likeness (QED) is 0.481. The number of hydrogen-bond donors (Lipinski definition) is 2. The van der Waals surface area contributed by atoms with Crippen molar-refractivity contribution >= 4 is 33.4 Å². The van der Waals surface area contributed by atoms with Crippen molar-refractivity contribution in [3.05, 3.63) is 59.7 Å². The van der Waals surface area contributed by atoms with Crippen molar-refractivity contribution in [3.63, 3.8) is 0 Å². The fraction of sp³-hybridized carbons (Fsp3) is 0.440. The van der Waals surface area contributed by atoms with Crippen LogP contribution in [0.15, 0.2) is 58.3 Å². The molecule has 0 radical (unpaired) electrons. The summed E-state index contributed by atoms with van der Waals surface area (Å²) in [5.74, 6) is -1.89. The van der Waals surface area contributed by atoms with Crippen molar-refractivity contribution in [2.75, 3.05) is 25.6 Å². The highest BCUT2D eigenvalue weighted by atomic mass is 32.2. The van der Waals surface area contributed by atoms with Gasteiger partial charge >= 0.3 is 6.18 Å². The average Bonchev–Trinajstić information content (AvgIpc) is 2.86. The second kappa shape index (κ2) is 11.9. The van der Waals surface area contributed by atoms with E-state index in [-0.39, 0.29) is 22.3 Å². The van der Waals surface area contributed by atoms with Gasteiger partial charge in [0.05, 0.1) is 22.8 Å². The fourth-order valence-electron chi connectivity index (χ4n) is 4.54. The molecule has 1 saturated carbocycles. The topological polar surface area (TPSA) is 110 Å². The maximum Gasteiger partial charge on any atom is 0.416 e. The predicted molar refractivity (Wildman–Crippen MR) is 136 cm³/mol. The van der Waals surface area contributed by atoms with Gasteiger partial charge in [0.2, 0.25) is 5.91 Å². The number of benzene rings is 2. The van der Waals surface area contributed by atoms with Gasteiger partial charge < -0.3 is 16.0 Å². The van der Waals surface area contributed by atoms with Crippen molar-refractivity contribution < 1.29 is 31.2 Å². The molecule has 2 aromatic rings. The Kier molecular flexibility index (Phi) is 9.30. The molecule has 3 rings (SSSR count). The number of carbonyl (C=O) groups excluding carboxylic acids is 2. The Balaban J connectivity index is 1.67. The minimum atomic E-state index is -4.60. The van der Waals surface area contributed by atoms with E-state index in [1.807, 2.05) is 6.26 Å². The molecule has 0 bridgehead atoms. The molecule has 3 N–H and O–H groups in total. The summed E-state index contributed by atoms with van der Waals surface area (Å²) in [6, 6.07) is 9.93. The number of nitrogens with one attached hydrogen (secondary N) is 1. The van der Waals surface area contributed by atoms with Gasteiger partial charge in [-0.05, 0) is 73.9 Å². The summed E-state index contributed by atoms with van der Waals surface area (Å²) in [6.07, 6.45) is -1.18. The Morgan fingerprint density at radius 3 is 2.43 bits per heavy atom. The monoisotopic (exact) mass is 557 g/mol. The first-order valence-corrected chi connectivity index (χ1v) is 14.5. The van der Waals surface area contributed by atoms with E-state index in [1.54, 1.807) is 24.3 Å². The number of alkyl halides is 3. The zero-order valence-corrected chi connectivity index (χ0v) is 22.1. The normalized spacial score (nSPS) is 20.3. The van der Waals surface area contributed by atoms with Crippen LogP contribution in [0, 0.1) is 5.92 Å². The molecule has 202 valence electrons. The number of sulfone groups is 1. The van der Waals surface area contributed by atoms with Gasteiger partial charge in [0.25, 0.3) is 5.91 Å².